The molecule has 0 radical (unpaired) electrons. The van der Waals surface area contributed by atoms with Crippen molar-refractivity contribution in [3.63, 3.8) is 0 Å². The minimum atomic E-state index is -1.01. The number of nitro groups is 1. The number of hydrazine groups is 1. The van der Waals surface area contributed by atoms with Gasteiger partial charge in [0.1, 0.15) is 0 Å². The Morgan fingerprint density at radius 2 is 2.00 bits per heavy atom. The topological polar surface area (TPSA) is 102 Å². The van der Waals surface area contributed by atoms with Crippen LogP contribution in [0.2, 0.25) is 0 Å². The van der Waals surface area contributed by atoms with Gasteiger partial charge in [0, 0.05) is 7.05 Å². The molecule has 2 rings (SSSR count). The fourth-order valence-electron chi connectivity index (χ4n) is 2.06. The lowest BCUT2D eigenvalue weighted by molar-refractivity contribution is -0.422. The van der Waals surface area contributed by atoms with Gasteiger partial charge in [-0.25, -0.2) is 10.6 Å². The molecular formula is C12H14N4O4. The summed E-state index contributed by atoms with van der Waals surface area (Å²) in [6.45, 7) is 1.62. The number of nitrogens with zero attached hydrogens (tertiary/aromatic N) is 3. The molecular weight excluding hydrogens is 264 g/mol. The molecule has 0 atom stereocenters. The highest BCUT2D eigenvalue weighted by atomic mass is 16.6. The van der Waals surface area contributed by atoms with Gasteiger partial charge in [-0.1, -0.05) is 12.1 Å². The van der Waals surface area contributed by atoms with Gasteiger partial charge in [0.2, 0.25) is 5.82 Å². The van der Waals surface area contributed by atoms with E-state index in [9.17, 15) is 14.9 Å². The highest BCUT2D eigenvalue weighted by molar-refractivity contribution is 5.92. The van der Waals surface area contributed by atoms with Gasteiger partial charge in [0.15, 0.2) is 0 Å². The number of nitrogens with two attached hydrogens (primary N) is 1. The zero-order valence-corrected chi connectivity index (χ0v) is 11.1. The van der Waals surface area contributed by atoms with E-state index in [1.54, 1.807) is 38.2 Å². The maximum absolute atomic E-state index is 11.8. The second kappa shape index (κ2) is 5.17. The molecule has 0 unspecified atom stereocenters. The number of rotatable bonds is 3. The summed E-state index contributed by atoms with van der Waals surface area (Å²) in [7, 11) is 1.60. The SMILES string of the molecule is CCOC(=O)/C(=C1\N(C)c2ccccc2N1N)[N+](=O)[O-]. The van der Waals surface area contributed by atoms with Crippen molar-refractivity contribution < 1.29 is 14.5 Å². The molecule has 0 saturated carbocycles. The molecule has 1 heterocycles. The van der Waals surface area contributed by atoms with Crippen LogP contribution in [0.5, 0.6) is 0 Å². The lowest BCUT2D eigenvalue weighted by atomic mass is 10.3. The van der Waals surface area contributed by atoms with Crippen LogP contribution in [-0.4, -0.2) is 24.5 Å². The molecule has 0 spiro atoms. The number of carbonyl (C=O) groups is 1. The van der Waals surface area contributed by atoms with E-state index in [0.29, 0.717) is 11.4 Å². The number of hydrogen-bond donors (Lipinski definition) is 1. The van der Waals surface area contributed by atoms with E-state index in [2.05, 4.69) is 0 Å². The minimum Gasteiger partial charge on any atom is -0.458 e. The van der Waals surface area contributed by atoms with Crippen molar-refractivity contribution >= 4 is 17.3 Å². The molecule has 0 fully saturated rings. The first-order valence-electron chi connectivity index (χ1n) is 5.92. The van der Waals surface area contributed by atoms with Gasteiger partial charge in [0.05, 0.1) is 22.9 Å². The summed E-state index contributed by atoms with van der Waals surface area (Å²) in [5, 5.41) is 12.3. The third-order valence-electron chi connectivity index (χ3n) is 2.91. The largest absolute Gasteiger partial charge is 0.458 e. The molecule has 2 N–H and O–H groups in total. The molecule has 1 aliphatic heterocycles. The Morgan fingerprint density at radius 3 is 2.50 bits per heavy atom. The van der Waals surface area contributed by atoms with Crippen molar-refractivity contribution in [2.45, 2.75) is 6.92 Å². The summed E-state index contributed by atoms with van der Waals surface area (Å²) in [6, 6.07) is 7.00. The average molecular weight is 278 g/mol. The molecule has 0 amide bonds. The fourth-order valence-corrected chi connectivity index (χ4v) is 2.06. The van der Waals surface area contributed by atoms with Crippen LogP contribution in [0.25, 0.3) is 0 Å². The number of ether oxygens (including phenoxy) is 1. The molecule has 8 nitrogen and oxygen atoms in total. The van der Waals surface area contributed by atoms with E-state index in [0.717, 1.165) is 5.01 Å². The summed E-state index contributed by atoms with van der Waals surface area (Å²) < 4.78 is 4.73. The Morgan fingerprint density at radius 1 is 1.40 bits per heavy atom. The maximum atomic E-state index is 11.8. The zero-order valence-electron chi connectivity index (χ0n) is 11.1. The summed E-state index contributed by atoms with van der Waals surface area (Å²) >= 11 is 0. The maximum Gasteiger partial charge on any atom is 0.413 e. The Balaban J connectivity index is 2.58. The second-order valence-corrected chi connectivity index (χ2v) is 4.07. The predicted octanol–water partition coefficient (Wildman–Crippen LogP) is 0.825. The number of esters is 1. The molecule has 106 valence electrons. The van der Waals surface area contributed by atoms with Gasteiger partial charge in [-0.3, -0.25) is 15.1 Å². The smallest absolute Gasteiger partial charge is 0.413 e. The molecule has 20 heavy (non-hydrogen) atoms. The summed E-state index contributed by atoms with van der Waals surface area (Å²) in [6.07, 6.45) is 0. The van der Waals surface area contributed by atoms with Crippen LogP contribution in [0.3, 0.4) is 0 Å². The number of hydrogen-bond acceptors (Lipinski definition) is 7. The average Bonchev–Trinajstić information content (AvgIpc) is 2.65. The van der Waals surface area contributed by atoms with Crippen molar-refractivity contribution in [1.82, 2.24) is 0 Å². The molecule has 0 saturated heterocycles. The van der Waals surface area contributed by atoms with Gasteiger partial charge in [-0.15, -0.1) is 0 Å². The van der Waals surface area contributed by atoms with Crippen LogP contribution in [-0.2, 0) is 9.53 Å². The highest BCUT2D eigenvalue weighted by Crippen LogP contribution is 2.39. The molecule has 0 aromatic heterocycles. The molecule has 0 aliphatic carbocycles. The standard InChI is InChI=1S/C12H14N4O4/c1-3-20-12(17)10(16(18)19)11-14(2)8-6-4-5-7-9(8)15(11)13/h4-7H,3,13H2,1-2H3/b11-10-. The van der Waals surface area contributed by atoms with Crippen LogP contribution < -0.4 is 15.8 Å². The third-order valence-corrected chi connectivity index (χ3v) is 2.91. The van der Waals surface area contributed by atoms with Gasteiger partial charge in [0.25, 0.3) is 0 Å². The molecule has 0 bridgehead atoms. The quantitative estimate of drug-likeness (QED) is 0.287. The van der Waals surface area contributed by atoms with Crippen LogP contribution in [0, 0.1) is 10.1 Å². The van der Waals surface area contributed by atoms with Crippen molar-refractivity contribution in [3.05, 3.63) is 45.9 Å². The van der Waals surface area contributed by atoms with Crippen molar-refractivity contribution in [1.29, 1.82) is 0 Å². The summed E-state index contributed by atoms with van der Waals surface area (Å²) in [5.74, 6) is 4.84. The van der Waals surface area contributed by atoms with Crippen molar-refractivity contribution in [2.24, 2.45) is 5.84 Å². The van der Waals surface area contributed by atoms with E-state index < -0.39 is 16.6 Å². The first kappa shape index (κ1) is 13.8. The second-order valence-electron chi connectivity index (χ2n) is 4.07. The summed E-state index contributed by atoms with van der Waals surface area (Å²) in [5.41, 5.74) is 0.565. The number of anilines is 2. The Labute approximate surface area is 115 Å². The van der Waals surface area contributed by atoms with Crippen molar-refractivity contribution in [3.8, 4) is 0 Å². The van der Waals surface area contributed by atoms with Crippen LogP contribution >= 0.6 is 0 Å². The molecule has 8 heteroatoms. The van der Waals surface area contributed by atoms with Gasteiger partial charge >= 0.3 is 11.7 Å². The van der Waals surface area contributed by atoms with Crippen LogP contribution in [0.4, 0.5) is 11.4 Å². The normalized spacial score (nSPS) is 15.9. The van der Waals surface area contributed by atoms with E-state index in [4.69, 9.17) is 10.6 Å². The number of para-hydroxylation sites is 2. The molecule has 1 aromatic carbocycles. The van der Waals surface area contributed by atoms with E-state index in [1.807, 2.05) is 0 Å². The minimum absolute atomic E-state index is 0.0188. The third kappa shape index (κ3) is 2.05. The Bertz CT molecular complexity index is 568. The first-order chi connectivity index (χ1) is 9.49. The fraction of sp³-hybridized carbons (Fsp3) is 0.250. The number of benzene rings is 1. The van der Waals surface area contributed by atoms with Crippen LogP contribution in [0.15, 0.2) is 35.8 Å². The first-order valence-corrected chi connectivity index (χ1v) is 5.92. The Kier molecular flexibility index (Phi) is 3.57. The lowest BCUT2D eigenvalue weighted by Gasteiger charge is -2.17. The van der Waals surface area contributed by atoms with Gasteiger partial charge < -0.3 is 9.64 Å². The van der Waals surface area contributed by atoms with Crippen LogP contribution in [0.1, 0.15) is 6.92 Å². The molecule has 1 aromatic rings. The van der Waals surface area contributed by atoms with E-state index in [-0.39, 0.29) is 12.4 Å². The van der Waals surface area contributed by atoms with Gasteiger partial charge in [-0.2, -0.15) is 0 Å². The molecule has 1 aliphatic rings. The highest BCUT2D eigenvalue weighted by Gasteiger charge is 2.39. The van der Waals surface area contributed by atoms with E-state index >= 15 is 0 Å². The number of fused-ring (bicyclic) bond motifs is 1. The Hall–Kier alpha value is -2.61. The summed E-state index contributed by atoms with van der Waals surface area (Å²) in [4.78, 5) is 23.7. The zero-order chi connectivity index (χ0) is 14.9. The predicted molar refractivity (Wildman–Crippen MR) is 72.2 cm³/mol. The number of carbonyl (C=O) groups excluding carboxylic acids is 1. The van der Waals surface area contributed by atoms with E-state index in [1.165, 1.54) is 4.90 Å². The van der Waals surface area contributed by atoms with Gasteiger partial charge in [-0.05, 0) is 19.1 Å². The lowest BCUT2D eigenvalue weighted by Crippen LogP contribution is -2.36. The monoisotopic (exact) mass is 278 g/mol. The van der Waals surface area contributed by atoms with Crippen molar-refractivity contribution in [2.75, 3.05) is 23.6 Å².